The lowest BCUT2D eigenvalue weighted by Crippen LogP contribution is -2.28. The molecule has 2 aromatic heterocycles. The standard InChI is InChI=1S/C40H33NS2/c1-40(2)32-14-7-6-13-29(32)30-18-17-26(24-33(30)40)39-31-23-27(35-19-20-37(43-35)36-16-9-21-42-36)22-25-10-8-15-34(38(25)31)41(39)28-11-4-3-5-12-28/h3-7,9,11-14,16-24,34,39H,8,10,15H2,1-2H3. The van der Waals surface area contributed by atoms with Crippen molar-refractivity contribution in [3.63, 3.8) is 0 Å². The molecule has 0 N–H and O–H groups in total. The van der Waals surface area contributed by atoms with Crippen molar-refractivity contribution in [1.29, 1.82) is 0 Å². The van der Waals surface area contributed by atoms with E-state index in [2.05, 4.69) is 133 Å². The van der Waals surface area contributed by atoms with Crippen LogP contribution >= 0.6 is 22.7 Å². The van der Waals surface area contributed by atoms with Gasteiger partial charge in [-0.1, -0.05) is 80.6 Å². The maximum Gasteiger partial charge on any atom is 0.0806 e. The van der Waals surface area contributed by atoms with E-state index in [9.17, 15) is 0 Å². The van der Waals surface area contributed by atoms with Crippen LogP contribution in [0.1, 0.15) is 72.2 Å². The highest BCUT2D eigenvalue weighted by Gasteiger charge is 2.44. The molecule has 2 aliphatic carbocycles. The SMILES string of the molecule is CC1(C)c2ccccc2-c2ccc(C3c4cc(-c5ccc(-c6cccs6)s5)cc5c4C(CCC5)N3c3ccccc3)cc21. The molecule has 2 atom stereocenters. The zero-order valence-electron chi connectivity index (χ0n) is 24.5. The first-order valence-electron chi connectivity index (χ1n) is 15.5. The number of para-hydroxylation sites is 1. The Hall–Kier alpha value is -3.92. The van der Waals surface area contributed by atoms with E-state index in [1.165, 1.54) is 72.1 Å². The highest BCUT2D eigenvalue weighted by atomic mass is 32.1. The highest BCUT2D eigenvalue weighted by Crippen LogP contribution is 2.56. The summed E-state index contributed by atoms with van der Waals surface area (Å²) >= 11 is 3.75. The summed E-state index contributed by atoms with van der Waals surface area (Å²) in [6.45, 7) is 4.79. The molecular weight excluding hydrogens is 559 g/mol. The average Bonchev–Trinajstić information content (AvgIpc) is 3.84. The molecule has 3 heteroatoms. The minimum atomic E-state index is -0.0174. The first-order valence-corrected chi connectivity index (χ1v) is 17.2. The summed E-state index contributed by atoms with van der Waals surface area (Å²) in [7, 11) is 0. The minimum absolute atomic E-state index is 0.0174. The van der Waals surface area contributed by atoms with E-state index in [0.717, 1.165) is 6.42 Å². The van der Waals surface area contributed by atoms with Crippen LogP contribution in [0, 0.1) is 0 Å². The van der Waals surface area contributed by atoms with Gasteiger partial charge in [0.15, 0.2) is 0 Å². The fourth-order valence-electron chi connectivity index (χ4n) is 8.16. The molecule has 0 fully saturated rings. The molecule has 0 amide bonds. The van der Waals surface area contributed by atoms with Crippen molar-refractivity contribution in [3.05, 3.63) is 148 Å². The second kappa shape index (κ2) is 9.54. The lowest BCUT2D eigenvalue weighted by atomic mass is 9.81. The van der Waals surface area contributed by atoms with E-state index in [4.69, 9.17) is 0 Å². The Morgan fingerprint density at radius 2 is 1.53 bits per heavy atom. The van der Waals surface area contributed by atoms with E-state index in [-0.39, 0.29) is 11.5 Å². The predicted octanol–water partition coefficient (Wildman–Crippen LogP) is 11.4. The van der Waals surface area contributed by atoms with Gasteiger partial charge in [-0.2, -0.15) is 0 Å². The molecule has 6 aromatic rings. The molecule has 9 rings (SSSR count). The van der Waals surface area contributed by atoms with E-state index >= 15 is 0 Å². The van der Waals surface area contributed by atoms with Crippen LogP contribution in [0.3, 0.4) is 0 Å². The van der Waals surface area contributed by atoms with Crippen LogP contribution in [-0.4, -0.2) is 0 Å². The molecule has 0 radical (unpaired) electrons. The number of thiophene rings is 2. The maximum atomic E-state index is 2.75. The van der Waals surface area contributed by atoms with Gasteiger partial charge in [0.2, 0.25) is 0 Å². The van der Waals surface area contributed by atoms with Crippen LogP contribution in [0.2, 0.25) is 0 Å². The summed E-state index contributed by atoms with van der Waals surface area (Å²) in [5.74, 6) is 0. The van der Waals surface area contributed by atoms with Crippen LogP contribution in [0.25, 0.3) is 31.3 Å². The topological polar surface area (TPSA) is 3.24 Å². The van der Waals surface area contributed by atoms with Crippen molar-refractivity contribution in [2.45, 2.75) is 50.6 Å². The summed E-state index contributed by atoms with van der Waals surface area (Å²) in [4.78, 5) is 6.83. The first-order chi connectivity index (χ1) is 21.1. The van der Waals surface area contributed by atoms with Gasteiger partial charge in [-0.05, 0) is 117 Å². The monoisotopic (exact) mass is 591 g/mol. The molecule has 210 valence electrons. The third-order valence-electron chi connectivity index (χ3n) is 10.1. The number of nitrogens with zero attached hydrogens (tertiary/aromatic N) is 1. The van der Waals surface area contributed by atoms with Crippen molar-refractivity contribution in [2.75, 3.05) is 4.90 Å². The van der Waals surface area contributed by atoms with Crippen molar-refractivity contribution in [1.82, 2.24) is 0 Å². The van der Waals surface area contributed by atoms with Gasteiger partial charge in [0.25, 0.3) is 0 Å². The molecule has 0 saturated carbocycles. The van der Waals surface area contributed by atoms with Crippen molar-refractivity contribution in [3.8, 4) is 31.3 Å². The van der Waals surface area contributed by atoms with Gasteiger partial charge in [-0.3, -0.25) is 0 Å². The summed E-state index contributed by atoms with van der Waals surface area (Å²) in [6.07, 6.45) is 3.60. The van der Waals surface area contributed by atoms with E-state index in [1.807, 2.05) is 22.7 Å². The van der Waals surface area contributed by atoms with E-state index in [1.54, 1.807) is 11.1 Å². The molecule has 0 bridgehead atoms. The normalized spacial score (nSPS) is 19.3. The number of fused-ring (bicyclic) bond motifs is 3. The van der Waals surface area contributed by atoms with E-state index in [0.29, 0.717) is 6.04 Å². The zero-order chi connectivity index (χ0) is 28.7. The van der Waals surface area contributed by atoms with Crippen LogP contribution < -0.4 is 4.90 Å². The second-order valence-electron chi connectivity index (χ2n) is 12.8. The van der Waals surface area contributed by atoms with Crippen LogP contribution in [0.4, 0.5) is 5.69 Å². The molecule has 1 nitrogen and oxygen atoms in total. The lowest BCUT2D eigenvalue weighted by Gasteiger charge is -2.35. The van der Waals surface area contributed by atoms with Crippen molar-refractivity contribution < 1.29 is 0 Å². The Labute approximate surface area is 262 Å². The molecule has 4 aromatic carbocycles. The molecule has 0 spiro atoms. The first kappa shape index (κ1) is 25.6. The smallest absolute Gasteiger partial charge is 0.0806 e. The molecule has 43 heavy (non-hydrogen) atoms. The summed E-state index contributed by atoms with van der Waals surface area (Å²) in [5.41, 5.74) is 14.4. The predicted molar refractivity (Wildman–Crippen MR) is 184 cm³/mol. The van der Waals surface area contributed by atoms with Crippen molar-refractivity contribution >= 4 is 28.4 Å². The minimum Gasteiger partial charge on any atom is -0.353 e. The zero-order valence-corrected chi connectivity index (χ0v) is 26.1. The Bertz CT molecular complexity index is 2000. The van der Waals surface area contributed by atoms with Crippen molar-refractivity contribution in [2.24, 2.45) is 0 Å². The number of hydrogen-bond acceptors (Lipinski definition) is 3. The van der Waals surface area contributed by atoms with Gasteiger partial charge in [0, 0.05) is 25.7 Å². The Kier molecular flexibility index (Phi) is 5.67. The Morgan fingerprint density at radius 3 is 2.40 bits per heavy atom. The molecule has 3 aliphatic rings. The van der Waals surface area contributed by atoms with Gasteiger partial charge in [0.1, 0.15) is 0 Å². The molecule has 0 saturated heterocycles. The molecule has 2 unspecified atom stereocenters. The van der Waals surface area contributed by atoms with Gasteiger partial charge in [-0.25, -0.2) is 0 Å². The van der Waals surface area contributed by atoms with Gasteiger partial charge < -0.3 is 4.90 Å². The van der Waals surface area contributed by atoms with Gasteiger partial charge in [0.05, 0.1) is 12.1 Å². The molecule has 1 aliphatic heterocycles. The highest BCUT2D eigenvalue weighted by molar-refractivity contribution is 7.23. The number of benzene rings is 4. The largest absolute Gasteiger partial charge is 0.353 e. The molecular formula is C40H33NS2. The Morgan fingerprint density at radius 1 is 0.721 bits per heavy atom. The summed E-state index contributed by atoms with van der Waals surface area (Å²) in [6, 6.07) is 42.2. The number of anilines is 1. The van der Waals surface area contributed by atoms with Crippen LogP contribution in [-0.2, 0) is 11.8 Å². The molecule has 3 heterocycles. The number of rotatable bonds is 4. The van der Waals surface area contributed by atoms with Crippen LogP contribution in [0.5, 0.6) is 0 Å². The third kappa shape index (κ3) is 3.81. The van der Waals surface area contributed by atoms with E-state index < -0.39 is 0 Å². The van der Waals surface area contributed by atoms with Crippen LogP contribution in [0.15, 0.2) is 115 Å². The third-order valence-corrected chi connectivity index (χ3v) is 12.3. The van der Waals surface area contributed by atoms with Gasteiger partial charge >= 0.3 is 0 Å². The summed E-state index contributed by atoms with van der Waals surface area (Å²) in [5, 5.41) is 2.17. The number of aryl methyl sites for hydroxylation is 1. The summed E-state index contributed by atoms with van der Waals surface area (Å²) < 4.78 is 0. The fourth-order valence-corrected chi connectivity index (χ4v) is 9.99. The lowest BCUT2D eigenvalue weighted by molar-refractivity contribution is 0.536. The Balaban J connectivity index is 1.24. The maximum absolute atomic E-state index is 2.75. The van der Waals surface area contributed by atoms with Gasteiger partial charge in [-0.15, -0.1) is 22.7 Å². The average molecular weight is 592 g/mol. The number of hydrogen-bond donors (Lipinski definition) is 0. The second-order valence-corrected chi connectivity index (χ2v) is 14.8. The fraction of sp³-hybridized carbons (Fsp3) is 0.200. The quantitative estimate of drug-likeness (QED) is 0.197.